The number of likely N-dealkylation sites (N-methyl/N-ethyl adjacent to an activating group) is 4. The molecule has 0 aliphatic carbocycles. The lowest BCUT2D eigenvalue weighted by Crippen LogP contribution is -2.52. The first-order valence-corrected chi connectivity index (χ1v) is 17.7. The molecule has 4 aromatic heterocycles. The van der Waals surface area contributed by atoms with Crippen LogP contribution in [0.1, 0.15) is 38.1 Å². The van der Waals surface area contributed by atoms with E-state index < -0.39 is 17.8 Å². The molecule has 254 valence electrons. The van der Waals surface area contributed by atoms with Gasteiger partial charge in [0.1, 0.15) is 5.57 Å². The van der Waals surface area contributed by atoms with Crippen molar-refractivity contribution in [3.8, 4) is 30.9 Å². The predicted molar refractivity (Wildman–Crippen MR) is 193 cm³/mol. The number of thiophene rings is 2. The molecule has 2 fully saturated rings. The van der Waals surface area contributed by atoms with Crippen LogP contribution >= 0.6 is 22.7 Å². The normalized spacial score (nSPS) is 16.7. The minimum Gasteiger partial charge on any atom is -0.340 e. The van der Waals surface area contributed by atoms with Gasteiger partial charge < -0.3 is 14.0 Å². The van der Waals surface area contributed by atoms with Crippen LogP contribution in [0.5, 0.6) is 0 Å². The Hall–Kier alpha value is -5.01. The van der Waals surface area contributed by atoms with Crippen molar-refractivity contribution >= 4 is 64.6 Å². The molecule has 0 N–H and O–H groups in total. The summed E-state index contributed by atoms with van der Waals surface area (Å²) in [4.78, 5) is 72.0. The number of nitrogens with zero attached hydrogens (tertiary/aromatic N) is 6. The lowest BCUT2D eigenvalue weighted by molar-refractivity contribution is -0.134. The molecule has 2 aliphatic rings. The van der Waals surface area contributed by atoms with E-state index in [1.807, 2.05) is 24.3 Å². The van der Waals surface area contributed by atoms with E-state index in [0.29, 0.717) is 12.1 Å². The minimum atomic E-state index is -0.647. The fraction of sp³-hybridized carbons (Fsp3) is 0.306. The first-order valence-electron chi connectivity index (χ1n) is 16.1. The molecular formula is C36H38N6O5S2. The minimum absolute atomic E-state index is 0.0446. The van der Waals surface area contributed by atoms with Crippen LogP contribution < -0.4 is 0 Å². The quantitative estimate of drug-likeness (QED) is 0.145. The Kier molecular flexibility index (Phi) is 9.32. The van der Waals surface area contributed by atoms with Crippen LogP contribution in [0, 0.1) is 0 Å². The molecule has 7 amide bonds. The molecule has 0 saturated carbocycles. The van der Waals surface area contributed by atoms with Gasteiger partial charge in [0, 0.05) is 68.0 Å². The number of carbonyl (C=O) groups excluding carboxylic acids is 5. The van der Waals surface area contributed by atoms with Crippen LogP contribution in [0.25, 0.3) is 43.0 Å². The Labute approximate surface area is 292 Å². The standard InChI is InChI=1S/C36H38N6O5S2/c1-7-17-41-23(19-22-21-37(3)35(46)38(4)32(22)43)9-11-26(41)28-13-15-30(48-28)31-16-14-29(49-31)27-12-10-24(42(27)18-8-2)20-25-33(44)39(5)36(47)40(6)34(25)45/h9-16,19-20H,7-8,17-18,21H2,1-6H3/b22-19+. The topological polar surface area (TPSA) is 108 Å². The Balaban J connectivity index is 1.29. The fourth-order valence-electron chi connectivity index (χ4n) is 6.17. The average molecular weight is 699 g/mol. The van der Waals surface area contributed by atoms with E-state index in [9.17, 15) is 24.0 Å². The smallest absolute Gasteiger partial charge is 0.333 e. The van der Waals surface area contributed by atoms with Crippen LogP contribution in [0.4, 0.5) is 9.59 Å². The first kappa shape index (κ1) is 33.9. The van der Waals surface area contributed by atoms with Gasteiger partial charge in [0.15, 0.2) is 0 Å². The molecule has 2 saturated heterocycles. The molecule has 6 rings (SSSR count). The molecule has 4 aromatic rings. The number of imide groups is 3. The van der Waals surface area contributed by atoms with Crippen LogP contribution in [-0.4, -0.2) is 93.3 Å². The lowest BCUT2D eigenvalue weighted by atomic mass is 10.1. The maximum Gasteiger partial charge on any atom is 0.333 e. The third-order valence-corrected chi connectivity index (χ3v) is 11.2. The largest absolute Gasteiger partial charge is 0.340 e. The highest BCUT2D eigenvalue weighted by Crippen LogP contribution is 2.41. The monoisotopic (exact) mass is 698 g/mol. The van der Waals surface area contributed by atoms with E-state index in [1.165, 1.54) is 21.1 Å². The number of hydrogen-bond donors (Lipinski definition) is 0. The van der Waals surface area contributed by atoms with Gasteiger partial charge in [0.25, 0.3) is 17.7 Å². The van der Waals surface area contributed by atoms with E-state index in [2.05, 4.69) is 53.3 Å². The third kappa shape index (κ3) is 6.08. The van der Waals surface area contributed by atoms with Gasteiger partial charge in [0.05, 0.1) is 27.7 Å². The zero-order valence-electron chi connectivity index (χ0n) is 28.4. The van der Waals surface area contributed by atoms with Crippen molar-refractivity contribution in [2.45, 2.75) is 39.8 Å². The summed E-state index contributed by atoms with van der Waals surface area (Å²) in [6.45, 7) is 5.94. The number of amides is 7. The highest BCUT2D eigenvalue weighted by Gasteiger charge is 2.38. The molecule has 0 radical (unpaired) electrons. The van der Waals surface area contributed by atoms with Crippen molar-refractivity contribution in [3.05, 3.63) is 71.1 Å². The van der Waals surface area contributed by atoms with Gasteiger partial charge in [-0.3, -0.25) is 29.1 Å². The van der Waals surface area contributed by atoms with E-state index >= 15 is 0 Å². The Morgan fingerprint density at radius 1 is 0.571 bits per heavy atom. The van der Waals surface area contributed by atoms with Crippen molar-refractivity contribution in [3.63, 3.8) is 0 Å². The number of urea groups is 2. The van der Waals surface area contributed by atoms with Gasteiger partial charge >= 0.3 is 12.1 Å². The highest BCUT2D eigenvalue weighted by atomic mass is 32.1. The van der Waals surface area contributed by atoms with Crippen LogP contribution in [0.15, 0.2) is 59.7 Å². The number of barbiturate groups is 1. The highest BCUT2D eigenvalue weighted by molar-refractivity contribution is 7.25. The van der Waals surface area contributed by atoms with Gasteiger partial charge in [-0.1, -0.05) is 13.8 Å². The van der Waals surface area contributed by atoms with Crippen LogP contribution in [-0.2, 0) is 27.5 Å². The zero-order chi connectivity index (χ0) is 35.1. The van der Waals surface area contributed by atoms with E-state index in [4.69, 9.17) is 0 Å². The Bertz CT molecular complexity index is 2030. The summed E-state index contributed by atoms with van der Waals surface area (Å²) in [5.74, 6) is -1.50. The molecule has 0 spiro atoms. The summed E-state index contributed by atoms with van der Waals surface area (Å²) in [7, 11) is 5.95. The molecule has 2 aliphatic heterocycles. The molecule has 13 heteroatoms. The van der Waals surface area contributed by atoms with Gasteiger partial charge in [-0.05, 0) is 73.5 Å². The molecule has 0 aromatic carbocycles. The summed E-state index contributed by atoms with van der Waals surface area (Å²) in [6.07, 6.45) is 5.24. The number of hydrogen-bond acceptors (Lipinski definition) is 7. The summed E-state index contributed by atoms with van der Waals surface area (Å²) in [5.41, 5.74) is 4.23. The number of rotatable bonds is 9. The van der Waals surface area contributed by atoms with Crippen molar-refractivity contribution in [2.75, 3.05) is 34.7 Å². The number of carbonyl (C=O) groups is 5. The van der Waals surface area contributed by atoms with Crippen LogP contribution in [0.2, 0.25) is 0 Å². The average Bonchev–Trinajstić information content (AvgIpc) is 3.90. The lowest BCUT2D eigenvalue weighted by Gasteiger charge is -2.30. The molecule has 6 heterocycles. The van der Waals surface area contributed by atoms with Gasteiger partial charge in [0.2, 0.25) is 0 Å². The molecule has 49 heavy (non-hydrogen) atoms. The van der Waals surface area contributed by atoms with Gasteiger partial charge in [-0.15, -0.1) is 22.7 Å². The van der Waals surface area contributed by atoms with Gasteiger partial charge in [-0.2, -0.15) is 0 Å². The second-order valence-electron chi connectivity index (χ2n) is 12.2. The fourth-order valence-corrected chi connectivity index (χ4v) is 8.34. The molecule has 0 bridgehead atoms. The van der Waals surface area contributed by atoms with Crippen molar-refractivity contribution in [1.29, 1.82) is 0 Å². The van der Waals surface area contributed by atoms with Gasteiger partial charge in [-0.25, -0.2) is 9.59 Å². The Morgan fingerprint density at radius 2 is 1.02 bits per heavy atom. The van der Waals surface area contributed by atoms with Crippen molar-refractivity contribution < 1.29 is 24.0 Å². The van der Waals surface area contributed by atoms with Crippen LogP contribution in [0.3, 0.4) is 0 Å². The van der Waals surface area contributed by atoms with E-state index in [0.717, 1.165) is 76.4 Å². The maximum absolute atomic E-state index is 12.9. The zero-order valence-corrected chi connectivity index (χ0v) is 30.0. The number of aromatic nitrogens is 2. The van der Waals surface area contributed by atoms with E-state index in [1.54, 1.807) is 40.7 Å². The predicted octanol–water partition coefficient (Wildman–Crippen LogP) is 6.57. The van der Waals surface area contributed by atoms with Crippen molar-refractivity contribution in [1.82, 2.24) is 28.7 Å². The van der Waals surface area contributed by atoms with E-state index in [-0.39, 0.29) is 24.1 Å². The second-order valence-corrected chi connectivity index (χ2v) is 14.3. The van der Waals surface area contributed by atoms with Crippen molar-refractivity contribution in [2.24, 2.45) is 0 Å². The molecule has 11 nitrogen and oxygen atoms in total. The molecular weight excluding hydrogens is 661 g/mol. The maximum atomic E-state index is 12.9. The molecule has 0 atom stereocenters. The Morgan fingerprint density at radius 3 is 1.51 bits per heavy atom. The third-order valence-electron chi connectivity index (χ3n) is 8.74. The SMILES string of the molecule is CCCn1c(C=C2C(=O)N(C)C(=O)N(C)C2=O)ccc1-c1ccc(-c2ccc(-c3ccc(/C=C4\CN(C)C(=O)N(C)C4=O)n3CCC)s2)s1. The summed E-state index contributed by atoms with van der Waals surface area (Å²) in [5, 5.41) is 0. The summed E-state index contributed by atoms with van der Waals surface area (Å²) in [6, 6.07) is 15.5. The second kappa shape index (κ2) is 13.5. The first-order chi connectivity index (χ1) is 23.4. The summed E-state index contributed by atoms with van der Waals surface area (Å²) >= 11 is 3.38. The summed E-state index contributed by atoms with van der Waals surface area (Å²) < 4.78 is 4.34. The molecule has 0 unspecified atom stereocenters.